The van der Waals surface area contributed by atoms with Crippen LogP contribution in [0.5, 0.6) is 0 Å². The van der Waals surface area contributed by atoms with Gasteiger partial charge in [-0.05, 0) is 38.2 Å². The third-order valence-electron chi connectivity index (χ3n) is 3.55. The molecular formula is C14H21N3O3S. The zero-order valence-electron chi connectivity index (χ0n) is 12.5. The molecule has 1 N–H and O–H groups in total. The van der Waals surface area contributed by atoms with E-state index in [1.807, 2.05) is 14.0 Å². The first kappa shape index (κ1) is 15.9. The summed E-state index contributed by atoms with van der Waals surface area (Å²) >= 11 is 0. The summed E-state index contributed by atoms with van der Waals surface area (Å²) in [5.74, 6) is -0.182. The molecule has 1 amide bonds. The van der Waals surface area contributed by atoms with Crippen molar-refractivity contribution in [3.8, 4) is 0 Å². The third kappa shape index (κ3) is 3.61. The minimum atomic E-state index is -3.49. The third-order valence-corrected chi connectivity index (χ3v) is 5.58. The summed E-state index contributed by atoms with van der Waals surface area (Å²) in [6, 6.07) is 6.23. The van der Waals surface area contributed by atoms with Crippen LogP contribution in [0, 0.1) is 0 Å². The van der Waals surface area contributed by atoms with Gasteiger partial charge in [-0.15, -0.1) is 0 Å². The standard InChI is InChI=1S/C14H21N3O3S/c1-11-10-16(3)8-9-17(11)21(19,20)14-6-4-13(5-7-14)15-12(2)18/h4-7,11H,8-10H2,1-3H3,(H,15,18). The van der Waals surface area contributed by atoms with Crippen LogP contribution < -0.4 is 5.32 Å². The minimum absolute atomic E-state index is 0.0521. The summed E-state index contributed by atoms with van der Waals surface area (Å²) in [4.78, 5) is 13.4. The van der Waals surface area contributed by atoms with Crippen LogP contribution in [-0.2, 0) is 14.8 Å². The number of anilines is 1. The number of sulfonamides is 1. The monoisotopic (exact) mass is 311 g/mol. The van der Waals surface area contributed by atoms with Crippen LogP contribution in [0.15, 0.2) is 29.2 Å². The van der Waals surface area contributed by atoms with E-state index in [2.05, 4.69) is 10.2 Å². The van der Waals surface area contributed by atoms with E-state index in [1.54, 1.807) is 16.4 Å². The van der Waals surface area contributed by atoms with Crippen molar-refractivity contribution in [1.29, 1.82) is 0 Å². The second-order valence-electron chi connectivity index (χ2n) is 5.43. The average Bonchev–Trinajstić information content (AvgIpc) is 2.38. The highest BCUT2D eigenvalue weighted by Crippen LogP contribution is 2.22. The van der Waals surface area contributed by atoms with Crippen molar-refractivity contribution < 1.29 is 13.2 Å². The number of benzene rings is 1. The van der Waals surface area contributed by atoms with Crippen molar-refractivity contribution in [3.63, 3.8) is 0 Å². The molecule has 0 bridgehead atoms. The van der Waals surface area contributed by atoms with Gasteiger partial charge in [0.15, 0.2) is 0 Å². The lowest BCUT2D eigenvalue weighted by Gasteiger charge is -2.37. The van der Waals surface area contributed by atoms with Crippen LogP contribution in [0.25, 0.3) is 0 Å². The Morgan fingerprint density at radius 2 is 1.86 bits per heavy atom. The molecule has 1 fully saturated rings. The number of likely N-dealkylation sites (N-methyl/N-ethyl adjacent to an activating group) is 1. The molecule has 0 spiro atoms. The summed E-state index contributed by atoms with van der Waals surface area (Å²) in [5, 5.41) is 2.62. The molecule has 1 atom stereocenters. The molecule has 0 radical (unpaired) electrons. The van der Waals surface area contributed by atoms with Crippen LogP contribution in [0.3, 0.4) is 0 Å². The van der Waals surface area contributed by atoms with E-state index in [-0.39, 0.29) is 16.8 Å². The normalized spacial score (nSPS) is 21.2. The Morgan fingerprint density at radius 1 is 1.24 bits per heavy atom. The highest BCUT2D eigenvalue weighted by molar-refractivity contribution is 7.89. The molecule has 1 aromatic rings. The fourth-order valence-corrected chi connectivity index (χ4v) is 4.14. The summed E-state index contributed by atoms with van der Waals surface area (Å²) in [6.07, 6.45) is 0. The van der Waals surface area contributed by atoms with Crippen molar-refractivity contribution >= 4 is 21.6 Å². The predicted octanol–water partition coefficient (Wildman–Crippen LogP) is 0.970. The highest BCUT2D eigenvalue weighted by Gasteiger charge is 2.32. The van der Waals surface area contributed by atoms with Gasteiger partial charge in [-0.3, -0.25) is 4.79 Å². The lowest BCUT2D eigenvalue weighted by atomic mass is 10.2. The second kappa shape index (κ2) is 6.13. The van der Waals surface area contributed by atoms with Gasteiger partial charge in [0.05, 0.1) is 4.90 Å². The number of hydrogen-bond donors (Lipinski definition) is 1. The zero-order valence-corrected chi connectivity index (χ0v) is 13.4. The summed E-state index contributed by atoms with van der Waals surface area (Å²) < 4.78 is 26.9. The predicted molar refractivity (Wildman–Crippen MR) is 81.6 cm³/mol. The molecule has 1 heterocycles. The fraction of sp³-hybridized carbons (Fsp3) is 0.500. The number of carbonyl (C=O) groups excluding carboxylic acids is 1. The van der Waals surface area contributed by atoms with E-state index in [4.69, 9.17) is 0 Å². The molecule has 1 aliphatic rings. The Bertz CT molecular complexity index is 613. The van der Waals surface area contributed by atoms with Gasteiger partial charge in [0.25, 0.3) is 0 Å². The molecule has 1 aromatic carbocycles. The molecular weight excluding hydrogens is 290 g/mol. The number of amides is 1. The van der Waals surface area contributed by atoms with Crippen molar-refractivity contribution in [3.05, 3.63) is 24.3 Å². The first-order valence-electron chi connectivity index (χ1n) is 6.89. The number of carbonyl (C=O) groups is 1. The van der Waals surface area contributed by atoms with Crippen LogP contribution in [0.2, 0.25) is 0 Å². The average molecular weight is 311 g/mol. The summed E-state index contributed by atoms with van der Waals surface area (Å²) in [7, 11) is -1.50. The number of piperazine rings is 1. The molecule has 0 aromatic heterocycles. The molecule has 0 aliphatic carbocycles. The fourth-order valence-electron chi connectivity index (χ4n) is 2.53. The number of nitrogens with one attached hydrogen (secondary N) is 1. The second-order valence-corrected chi connectivity index (χ2v) is 7.32. The van der Waals surface area contributed by atoms with Gasteiger partial charge in [0, 0.05) is 38.3 Å². The molecule has 1 unspecified atom stereocenters. The Labute approximate surface area is 125 Å². The van der Waals surface area contributed by atoms with E-state index in [9.17, 15) is 13.2 Å². The van der Waals surface area contributed by atoms with E-state index >= 15 is 0 Å². The molecule has 21 heavy (non-hydrogen) atoms. The van der Waals surface area contributed by atoms with Gasteiger partial charge in [-0.2, -0.15) is 4.31 Å². The molecule has 1 saturated heterocycles. The van der Waals surface area contributed by atoms with Crippen LogP contribution in [0.4, 0.5) is 5.69 Å². The first-order chi connectivity index (χ1) is 9.80. The van der Waals surface area contributed by atoms with Gasteiger partial charge >= 0.3 is 0 Å². The smallest absolute Gasteiger partial charge is 0.243 e. The maximum absolute atomic E-state index is 12.7. The molecule has 1 aliphatic heterocycles. The zero-order chi connectivity index (χ0) is 15.6. The van der Waals surface area contributed by atoms with Crippen molar-refractivity contribution in [2.75, 3.05) is 32.0 Å². The van der Waals surface area contributed by atoms with Crippen molar-refractivity contribution in [1.82, 2.24) is 9.21 Å². The van der Waals surface area contributed by atoms with E-state index in [0.29, 0.717) is 12.2 Å². The maximum atomic E-state index is 12.7. The first-order valence-corrected chi connectivity index (χ1v) is 8.33. The summed E-state index contributed by atoms with van der Waals surface area (Å²) in [6.45, 7) is 5.28. The Hall–Kier alpha value is -1.44. The van der Waals surface area contributed by atoms with E-state index in [0.717, 1.165) is 13.1 Å². The lowest BCUT2D eigenvalue weighted by molar-refractivity contribution is -0.114. The quantitative estimate of drug-likeness (QED) is 0.903. The highest BCUT2D eigenvalue weighted by atomic mass is 32.2. The topological polar surface area (TPSA) is 69.7 Å². The van der Waals surface area contributed by atoms with Crippen molar-refractivity contribution in [2.24, 2.45) is 0 Å². The van der Waals surface area contributed by atoms with Crippen LogP contribution in [-0.4, -0.2) is 56.3 Å². The van der Waals surface area contributed by atoms with E-state index < -0.39 is 10.0 Å². The van der Waals surface area contributed by atoms with Crippen molar-refractivity contribution in [2.45, 2.75) is 24.8 Å². The Morgan fingerprint density at radius 3 is 2.38 bits per heavy atom. The maximum Gasteiger partial charge on any atom is 0.243 e. The van der Waals surface area contributed by atoms with Gasteiger partial charge in [-0.25, -0.2) is 8.42 Å². The van der Waals surface area contributed by atoms with Gasteiger partial charge in [0.1, 0.15) is 0 Å². The van der Waals surface area contributed by atoms with Gasteiger partial charge < -0.3 is 10.2 Å². The molecule has 116 valence electrons. The van der Waals surface area contributed by atoms with Crippen LogP contribution in [0.1, 0.15) is 13.8 Å². The molecule has 6 nitrogen and oxygen atoms in total. The minimum Gasteiger partial charge on any atom is -0.326 e. The van der Waals surface area contributed by atoms with E-state index in [1.165, 1.54) is 19.1 Å². The SMILES string of the molecule is CC(=O)Nc1ccc(S(=O)(=O)N2CCN(C)CC2C)cc1. The summed E-state index contributed by atoms with van der Waals surface area (Å²) in [5.41, 5.74) is 0.591. The lowest BCUT2D eigenvalue weighted by Crippen LogP contribution is -2.52. The molecule has 2 rings (SSSR count). The van der Waals surface area contributed by atoms with Gasteiger partial charge in [-0.1, -0.05) is 0 Å². The number of hydrogen-bond acceptors (Lipinski definition) is 4. The number of nitrogens with zero attached hydrogens (tertiary/aromatic N) is 2. The Balaban J connectivity index is 2.21. The van der Waals surface area contributed by atoms with Gasteiger partial charge in [0.2, 0.25) is 15.9 Å². The molecule has 0 saturated carbocycles. The Kier molecular flexibility index (Phi) is 4.65. The largest absolute Gasteiger partial charge is 0.326 e. The molecule has 7 heteroatoms. The van der Waals surface area contributed by atoms with Crippen LogP contribution >= 0.6 is 0 Å². The number of rotatable bonds is 3.